The van der Waals surface area contributed by atoms with E-state index < -0.39 is 12.7 Å². The standard InChI is InChI=1S/C13H27N2O5PS2/c1-21(18,22)20-9-6-4-3-5-7-15-13(17)19-10-8-14-12(16)11-23-2/h3-11H2,1-2H3,(H,14,16)(H,15,17)(H,18,22). The lowest BCUT2D eigenvalue weighted by Crippen LogP contribution is -2.32. The van der Waals surface area contributed by atoms with Gasteiger partial charge in [-0.05, 0) is 19.1 Å². The molecule has 0 aliphatic carbocycles. The van der Waals surface area contributed by atoms with Gasteiger partial charge in [-0.1, -0.05) is 25.1 Å². The van der Waals surface area contributed by atoms with Crippen LogP contribution < -0.4 is 10.6 Å². The van der Waals surface area contributed by atoms with Crippen molar-refractivity contribution < 1.29 is 23.4 Å². The Morgan fingerprint density at radius 2 is 1.78 bits per heavy atom. The average molecular weight is 386 g/mol. The van der Waals surface area contributed by atoms with Crippen LogP contribution in [-0.2, 0) is 18.6 Å². The number of hydrogen-bond donors (Lipinski definition) is 3. The molecule has 0 spiro atoms. The molecular formula is C13H27N2O5PS2. The SMILES string of the molecule is CSCC(=O)NCCOC(=O)NCCCCCCOP(C)(=O)S. The highest BCUT2D eigenvalue weighted by molar-refractivity contribution is 8.46. The quantitative estimate of drug-likeness (QED) is 0.256. The van der Waals surface area contributed by atoms with E-state index in [9.17, 15) is 14.2 Å². The number of hydrogen-bond acceptors (Lipinski definition) is 6. The smallest absolute Gasteiger partial charge is 0.407 e. The van der Waals surface area contributed by atoms with Crippen molar-refractivity contribution in [3.8, 4) is 0 Å². The van der Waals surface area contributed by atoms with Crippen LogP contribution in [0.5, 0.6) is 0 Å². The molecule has 0 aliphatic rings. The topological polar surface area (TPSA) is 93.7 Å². The second kappa shape index (κ2) is 14.0. The molecule has 1 atom stereocenters. The lowest BCUT2D eigenvalue weighted by Gasteiger charge is -2.08. The first kappa shape index (κ1) is 22.6. The monoisotopic (exact) mass is 386 g/mol. The Kier molecular flexibility index (Phi) is 13.8. The van der Waals surface area contributed by atoms with Crippen LogP contribution >= 0.6 is 30.6 Å². The molecule has 0 aliphatic heterocycles. The third kappa shape index (κ3) is 17.8. The van der Waals surface area contributed by atoms with E-state index in [1.165, 1.54) is 18.4 Å². The number of thioether (sulfide) groups is 1. The van der Waals surface area contributed by atoms with Crippen molar-refractivity contribution in [3.05, 3.63) is 0 Å². The van der Waals surface area contributed by atoms with Crippen molar-refractivity contribution in [3.63, 3.8) is 0 Å². The number of ether oxygens (including phenoxy) is 1. The molecule has 2 amide bonds. The summed E-state index contributed by atoms with van der Waals surface area (Å²) in [6, 6.07) is 0. The van der Waals surface area contributed by atoms with Crippen LogP contribution in [0.4, 0.5) is 4.79 Å². The molecule has 7 nitrogen and oxygen atoms in total. The molecule has 0 rings (SSSR count). The van der Waals surface area contributed by atoms with Crippen LogP contribution in [0.15, 0.2) is 0 Å². The van der Waals surface area contributed by atoms with Gasteiger partial charge in [-0.2, -0.15) is 11.8 Å². The molecular weight excluding hydrogens is 359 g/mol. The van der Waals surface area contributed by atoms with Gasteiger partial charge in [0.2, 0.25) is 5.91 Å². The first-order valence-electron chi connectivity index (χ1n) is 7.46. The van der Waals surface area contributed by atoms with E-state index in [-0.39, 0.29) is 12.5 Å². The maximum absolute atomic E-state index is 11.3. The van der Waals surface area contributed by atoms with Crippen LogP contribution in [-0.4, -0.2) is 57.0 Å². The highest BCUT2D eigenvalue weighted by atomic mass is 32.7. The number of amides is 2. The predicted octanol–water partition coefficient (Wildman–Crippen LogP) is 2.52. The van der Waals surface area contributed by atoms with Crippen LogP contribution in [0.3, 0.4) is 0 Å². The van der Waals surface area contributed by atoms with Gasteiger partial charge in [0.15, 0.2) is 0 Å². The van der Waals surface area contributed by atoms with E-state index in [1.54, 1.807) is 0 Å². The largest absolute Gasteiger partial charge is 0.448 e. The van der Waals surface area contributed by atoms with Crippen molar-refractivity contribution in [1.29, 1.82) is 0 Å². The van der Waals surface area contributed by atoms with Gasteiger partial charge in [0.1, 0.15) is 6.61 Å². The summed E-state index contributed by atoms with van der Waals surface area (Å²) >= 11 is 5.28. The lowest BCUT2D eigenvalue weighted by molar-refractivity contribution is -0.118. The maximum Gasteiger partial charge on any atom is 0.407 e. The zero-order valence-corrected chi connectivity index (χ0v) is 16.3. The fraction of sp³-hybridized carbons (Fsp3) is 0.846. The first-order valence-corrected chi connectivity index (χ1v) is 12.1. The minimum Gasteiger partial charge on any atom is -0.448 e. The van der Waals surface area contributed by atoms with Gasteiger partial charge in [-0.3, -0.25) is 9.36 Å². The van der Waals surface area contributed by atoms with Gasteiger partial charge in [-0.15, -0.1) is 0 Å². The molecule has 0 fully saturated rings. The molecule has 0 aromatic rings. The Labute approximate surface area is 147 Å². The molecule has 23 heavy (non-hydrogen) atoms. The zero-order chi connectivity index (χ0) is 17.6. The van der Waals surface area contributed by atoms with Gasteiger partial charge in [0.25, 0.3) is 6.57 Å². The van der Waals surface area contributed by atoms with Crippen LogP contribution in [0.2, 0.25) is 0 Å². The van der Waals surface area contributed by atoms with E-state index in [0.29, 0.717) is 25.4 Å². The summed E-state index contributed by atoms with van der Waals surface area (Å²) in [6.45, 7) is 0.255. The predicted molar refractivity (Wildman–Crippen MR) is 97.7 cm³/mol. The molecule has 0 aromatic carbocycles. The first-order chi connectivity index (χ1) is 10.8. The molecule has 0 bridgehead atoms. The van der Waals surface area contributed by atoms with E-state index in [1.807, 2.05) is 6.26 Å². The summed E-state index contributed by atoms with van der Waals surface area (Å²) in [7, 11) is 0. The zero-order valence-electron chi connectivity index (χ0n) is 13.7. The van der Waals surface area contributed by atoms with Gasteiger partial charge in [0, 0.05) is 13.2 Å². The molecule has 2 N–H and O–H groups in total. The number of rotatable bonds is 13. The van der Waals surface area contributed by atoms with Crippen molar-refractivity contribution >= 4 is 42.6 Å². The van der Waals surface area contributed by atoms with E-state index in [0.717, 1.165) is 25.7 Å². The van der Waals surface area contributed by atoms with Gasteiger partial charge in [0.05, 0.1) is 18.9 Å². The van der Waals surface area contributed by atoms with Crippen molar-refractivity contribution in [2.75, 3.05) is 45.0 Å². The number of unbranched alkanes of at least 4 members (excludes halogenated alkanes) is 3. The second-order valence-electron chi connectivity index (χ2n) is 4.90. The third-order valence-corrected chi connectivity index (χ3v) is 4.16. The highest BCUT2D eigenvalue weighted by Crippen LogP contribution is 2.47. The Balaban J connectivity index is 3.34. The highest BCUT2D eigenvalue weighted by Gasteiger charge is 2.07. The molecule has 136 valence electrons. The molecule has 0 aromatic heterocycles. The van der Waals surface area contributed by atoms with Crippen LogP contribution in [0, 0.1) is 0 Å². The third-order valence-electron chi connectivity index (χ3n) is 2.60. The van der Waals surface area contributed by atoms with Crippen molar-refractivity contribution in [1.82, 2.24) is 10.6 Å². The molecule has 0 radical (unpaired) electrons. The molecule has 0 saturated carbocycles. The summed E-state index contributed by atoms with van der Waals surface area (Å²) in [5.41, 5.74) is 0. The van der Waals surface area contributed by atoms with E-state index in [4.69, 9.17) is 9.26 Å². The minimum absolute atomic E-state index is 0.0668. The molecule has 10 heteroatoms. The van der Waals surface area contributed by atoms with Gasteiger partial charge < -0.3 is 19.9 Å². The van der Waals surface area contributed by atoms with Crippen LogP contribution in [0.25, 0.3) is 0 Å². The Morgan fingerprint density at radius 1 is 1.09 bits per heavy atom. The molecule has 1 unspecified atom stereocenters. The lowest BCUT2D eigenvalue weighted by atomic mass is 10.2. The average Bonchev–Trinajstić information content (AvgIpc) is 2.45. The summed E-state index contributed by atoms with van der Waals surface area (Å²) in [6.07, 6.45) is 4.90. The summed E-state index contributed by atoms with van der Waals surface area (Å²) in [4.78, 5) is 22.5. The normalized spacial score (nSPS) is 13.2. The number of thiol groups is 1. The van der Waals surface area contributed by atoms with Crippen molar-refractivity contribution in [2.24, 2.45) is 0 Å². The Hall–Kier alpha value is -0.370. The summed E-state index contributed by atoms with van der Waals surface area (Å²) < 4.78 is 21.1. The fourth-order valence-corrected chi connectivity index (χ4v) is 2.65. The van der Waals surface area contributed by atoms with Crippen LogP contribution in [0.1, 0.15) is 25.7 Å². The van der Waals surface area contributed by atoms with Crippen molar-refractivity contribution in [2.45, 2.75) is 25.7 Å². The molecule has 0 heterocycles. The van der Waals surface area contributed by atoms with Gasteiger partial charge >= 0.3 is 6.09 Å². The Morgan fingerprint density at radius 3 is 2.43 bits per heavy atom. The van der Waals surface area contributed by atoms with E-state index in [2.05, 4.69) is 22.9 Å². The second-order valence-corrected chi connectivity index (χ2v) is 9.81. The number of carbonyl (C=O) groups is 2. The number of carbonyl (C=O) groups excluding carboxylic acids is 2. The number of alkyl carbamates (subject to hydrolysis) is 1. The fourth-order valence-electron chi connectivity index (χ4n) is 1.57. The summed E-state index contributed by atoms with van der Waals surface area (Å²) in [5, 5.41) is 5.29. The molecule has 0 saturated heterocycles. The number of nitrogens with one attached hydrogen (secondary N) is 2. The van der Waals surface area contributed by atoms with E-state index >= 15 is 0 Å². The summed E-state index contributed by atoms with van der Waals surface area (Å²) in [5.74, 6) is 0.337. The Bertz CT molecular complexity index is 393. The minimum atomic E-state index is -2.67. The maximum atomic E-state index is 11.3. The van der Waals surface area contributed by atoms with Gasteiger partial charge in [-0.25, -0.2) is 4.79 Å².